The van der Waals surface area contributed by atoms with Crippen molar-refractivity contribution in [2.45, 2.75) is 161 Å². The van der Waals surface area contributed by atoms with E-state index in [1.165, 1.54) is 154 Å². The minimum Gasteiger partial charge on any atom is -0.463 e. The number of unbranched alkanes of at least 4 members (excludes halogenated alkanes) is 23. The third-order valence-electron chi connectivity index (χ3n) is 6.41. The zero-order valence-electron chi connectivity index (χ0n) is 25.7. The van der Waals surface area contributed by atoms with Crippen molar-refractivity contribution < 1.29 is 28.7 Å². The van der Waals surface area contributed by atoms with Crippen LogP contribution in [-0.4, -0.2) is 39.7 Å². The maximum Gasteiger partial charge on any atom is 0.330 e. The quantitative estimate of drug-likeness (QED) is 0.0598. The molecule has 0 aliphatic rings. The highest BCUT2D eigenvalue weighted by atomic mass is 16.5. The van der Waals surface area contributed by atoms with Gasteiger partial charge >= 0.3 is 5.97 Å². The molecule has 0 bridgehead atoms. The predicted octanol–water partition coefficient (Wildman–Crippen LogP) is 9.36. The zero-order valence-corrected chi connectivity index (χ0v) is 25.7. The van der Waals surface area contributed by atoms with Gasteiger partial charge in [0, 0.05) is 6.08 Å². The monoisotopic (exact) mass is 556 g/mol. The normalized spacial score (nSPS) is 9.15. The van der Waals surface area contributed by atoms with Crippen molar-refractivity contribution >= 4 is 33.1 Å². The van der Waals surface area contributed by atoms with Crippen molar-refractivity contribution in [1.29, 1.82) is 0 Å². The van der Waals surface area contributed by atoms with E-state index < -0.39 is 0 Å². The zero-order chi connectivity index (χ0) is 30.7. The molecule has 6 nitrogen and oxygen atoms in total. The van der Waals surface area contributed by atoms with Crippen molar-refractivity contribution in [3.63, 3.8) is 0 Å². The van der Waals surface area contributed by atoms with Gasteiger partial charge in [-0.05, 0) is 6.42 Å². The molecule has 0 N–H and O–H groups in total. The Morgan fingerprint density at radius 1 is 0.436 bits per heavy atom. The number of hydrogen-bond donors (Lipinski definition) is 0. The van der Waals surface area contributed by atoms with E-state index in [-0.39, 0.29) is 5.97 Å². The molecule has 0 aromatic rings. The van der Waals surface area contributed by atoms with E-state index in [2.05, 4.69) is 13.5 Å². The summed E-state index contributed by atoms with van der Waals surface area (Å²) in [6.07, 6.45) is 34.8. The Bertz CT molecular complexity index is 422. The standard InChI is InChI=1S/C29H56O2.4CH2O/c1-3-5-6-7-8-9-10-11-12-13-14-15-16-17-18-19-20-21-22-23-24-25-26-27-28-31-29(30)4-2;4*1-2/h4H,2-3,5-28H2,1H3;4*1H2. The van der Waals surface area contributed by atoms with Gasteiger partial charge in [-0.1, -0.05) is 161 Å². The summed E-state index contributed by atoms with van der Waals surface area (Å²) in [5.41, 5.74) is 0. The lowest BCUT2D eigenvalue weighted by molar-refractivity contribution is -0.137. The van der Waals surface area contributed by atoms with Gasteiger partial charge in [-0.15, -0.1) is 0 Å². The lowest BCUT2D eigenvalue weighted by atomic mass is 10.0. The molecule has 0 saturated carbocycles. The number of rotatable bonds is 26. The molecule has 0 rings (SSSR count). The molecule has 232 valence electrons. The second kappa shape index (κ2) is 56.2. The molecule has 39 heavy (non-hydrogen) atoms. The summed E-state index contributed by atoms with van der Waals surface area (Å²) in [6, 6.07) is 0. The van der Waals surface area contributed by atoms with Gasteiger partial charge in [-0.25, -0.2) is 4.79 Å². The first kappa shape index (κ1) is 46.7. The maximum atomic E-state index is 10.9. The molecular weight excluding hydrogens is 492 g/mol. The molecule has 0 unspecified atom stereocenters. The molecule has 0 atom stereocenters. The van der Waals surface area contributed by atoms with Crippen LogP contribution in [0.4, 0.5) is 0 Å². The van der Waals surface area contributed by atoms with Crippen molar-refractivity contribution in [3.05, 3.63) is 12.7 Å². The molecule has 0 radical (unpaired) electrons. The van der Waals surface area contributed by atoms with Gasteiger partial charge in [0.05, 0.1) is 6.61 Å². The Morgan fingerprint density at radius 2 is 0.641 bits per heavy atom. The fourth-order valence-corrected chi connectivity index (χ4v) is 4.30. The van der Waals surface area contributed by atoms with Crippen molar-refractivity contribution in [2.24, 2.45) is 0 Å². The summed E-state index contributed by atoms with van der Waals surface area (Å²) < 4.78 is 4.98. The number of carbonyl (C=O) groups is 5. The summed E-state index contributed by atoms with van der Waals surface area (Å²) in [4.78, 5) is 42.9. The number of ether oxygens (including phenoxy) is 1. The van der Waals surface area contributed by atoms with E-state index in [0.717, 1.165) is 6.42 Å². The lowest BCUT2D eigenvalue weighted by Gasteiger charge is -2.04. The number of hydrogen-bond acceptors (Lipinski definition) is 6. The van der Waals surface area contributed by atoms with Crippen LogP contribution in [0.15, 0.2) is 12.7 Å². The summed E-state index contributed by atoms with van der Waals surface area (Å²) >= 11 is 0. The Balaban J connectivity index is -0.000000437. The SMILES string of the molecule is C=CC(=O)OCCCCCCCCCCCCCCCCCCCCCCCCCC.C=O.C=O.C=O.C=O. The van der Waals surface area contributed by atoms with E-state index >= 15 is 0 Å². The van der Waals surface area contributed by atoms with E-state index in [1.54, 1.807) is 0 Å². The molecule has 0 fully saturated rings. The Hall–Kier alpha value is -2.11. The molecular formula is C33H64O6. The largest absolute Gasteiger partial charge is 0.463 e. The second-order valence-electron chi connectivity index (χ2n) is 9.50. The fourth-order valence-electron chi connectivity index (χ4n) is 4.30. The van der Waals surface area contributed by atoms with Crippen LogP contribution < -0.4 is 0 Å². The first-order chi connectivity index (χ1) is 19.3. The van der Waals surface area contributed by atoms with Gasteiger partial charge in [0.1, 0.15) is 27.2 Å². The first-order valence-corrected chi connectivity index (χ1v) is 15.3. The van der Waals surface area contributed by atoms with E-state index in [9.17, 15) is 4.79 Å². The van der Waals surface area contributed by atoms with Gasteiger partial charge in [-0.2, -0.15) is 0 Å². The summed E-state index contributed by atoms with van der Waals surface area (Å²) in [6.45, 7) is 14.2. The molecule has 0 aromatic carbocycles. The van der Waals surface area contributed by atoms with Crippen LogP contribution >= 0.6 is 0 Å². The molecule has 6 heteroatoms. The smallest absolute Gasteiger partial charge is 0.330 e. The third-order valence-corrected chi connectivity index (χ3v) is 6.41. The molecule has 0 aliphatic heterocycles. The lowest BCUT2D eigenvalue weighted by Crippen LogP contribution is -2.01. The molecule has 0 heterocycles. The van der Waals surface area contributed by atoms with E-state index in [1.807, 2.05) is 27.2 Å². The minimum absolute atomic E-state index is 0.297. The molecule has 0 aromatic heterocycles. The first-order valence-electron chi connectivity index (χ1n) is 15.3. The third kappa shape index (κ3) is 57.0. The molecule has 0 saturated heterocycles. The van der Waals surface area contributed by atoms with Crippen molar-refractivity contribution in [3.8, 4) is 0 Å². The molecule has 0 spiro atoms. The van der Waals surface area contributed by atoms with Crippen LogP contribution in [0, 0.1) is 0 Å². The minimum atomic E-state index is -0.297. The highest BCUT2D eigenvalue weighted by molar-refractivity contribution is 5.81. The summed E-state index contributed by atoms with van der Waals surface area (Å²) in [5, 5.41) is 0. The van der Waals surface area contributed by atoms with Crippen LogP contribution in [0.1, 0.15) is 161 Å². The number of carbonyl (C=O) groups excluding carboxylic acids is 5. The van der Waals surface area contributed by atoms with Crippen LogP contribution in [-0.2, 0) is 28.7 Å². The van der Waals surface area contributed by atoms with Crippen LogP contribution in [0.3, 0.4) is 0 Å². The van der Waals surface area contributed by atoms with Crippen LogP contribution in [0.2, 0.25) is 0 Å². The highest BCUT2D eigenvalue weighted by Crippen LogP contribution is 2.15. The highest BCUT2D eigenvalue weighted by Gasteiger charge is 1.97. The van der Waals surface area contributed by atoms with Gasteiger partial charge in [0.15, 0.2) is 0 Å². The van der Waals surface area contributed by atoms with Gasteiger partial charge < -0.3 is 23.9 Å². The topological polar surface area (TPSA) is 94.6 Å². The summed E-state index contributed by atoms with van der Waals surface area (Å²) in [7, 11) is 0. The van der Waals surface area contributed by atoms with Gasteiger partial charge in [0.2, 0.25) is 0 Å². The summed E-state index contributed by atoms with van der Waals surface area (Å²) in [5.74, 6) is -0.297. The molecule has 0 aliphatic carbocycles. The van der Waals surface area contributed by atoms with E-state index in [0.29, 0.717) is 6.61 Å². The average molecular weight is 557 g/mol. The Morgan fingerprint density at radius 3 is 0.846 bits per heavy atom. The number of esters is 1. The Kier molecular flexibility index (Phi) is 67.3. The second-order valence-corrected chi connectivity index (χ2v) is 9.50. The average Bonchev–Trinajstić information content (AvgIpc) is 3.01. The fraction of sp³-hybridized carbons (Fsp3) is 0.788. The molecule has 0 amide bonds. The van der Waals surface area contributed by atoms with Crippen LogP contribution in [0.25, 0.3) is 0 Å². The predicted molar refractivity (Wildman–Crippen MR) is 166 cm³/mol. The van der Waals surface area contributed by atoms with Gasteiger partial charge in [0.25, 0.3) is 0 Å². The van der Waals surface area contributed by atoms with E-state index in [4.69, 9.17) is 23.9 Å². The van der Waals surface area contributed by atoms with Gasteiger partial charge in [-0.3, -0.25) is 0 Å². The maximum absolute atomic E-state index is 10.9. The van der Waals surface area contributed by atoms with Crippen LogP contribution in [0.5, 0.6) is 0 Å². The van der Waals surface area contributed by atoms with Crippen molar-refractivity contribution in [2.75, 3.05) is 6.61 Å². The van der Waals surface area contributed by atoms with Crippen molar-refractivity contribution in [1.82, 2.24) is 0 Å². The Labute approximate surface area is 242 Å².